The van der Waals surface area contributed by atoms with E-state index in [4.69, 9.17) is 5.73 Å². The van der Waals surface area contributed by atoms with Gasteiger partial charge in [-0.1, -0.05) is 12.1 Å². The van der Waals surface area contributed by atoms with E-state index in [0.29, 0.717) is 24.8 Å². The molecular weight excluding hydrogens is 209 g/mol. The van der Waals surface area contributed by atoms with Crippen LogP contribution in [0.2, 0.25) is 0 Å². The molecule has 0 amide bonds. The van der Waals surface area contributed by atoms with Crippen LogP contribution in [0.4, 0.5) is 4.39 Å². The van der Waals surface area contributed by atoms with Crippen molar-refractivity contribution in [2.24, 2.45) is 5.73 Å². The molecule has 1 aliphatic carbocycles. The molecule has 1 saturated carbocycles. The molecule has 3 nitrogen and oxygen atoms in total. The fourth-order valence-electron chi connectivity index (χ4n) is 2.18. The van der Waals surface area contributed by atoms with Crippen molar-refractivity contribution in [3.63, 3.8) is 0 Å². The normalized spacial score (nSPS) is 30.4. The third-order valence-electron chi connectivity index (χ3n) is 3.13. The number of aliphatic hydroxyl groups is 1. The molecule has 2 atom stereocenters. The molecule has 0 aliphatic heterocycles. The summed E-state index contributed by atoms with van der Waals surface area (Å²) in [6.45, 7) is 0. The molecular formula is C12H14FNO2. The van der Waals surface area contributed by atoms with Crippen molar-refractivity contribution in [2.45, 2.75) is 30.9 Å². The lowest BCUT2D eigenvalue weighted by Gasteiger charge is -2.34. The number of Topliss-reactive ketones (excluding diaryl/α,β-unsaturated/α-hetero) is 1. The maximum atomic E-state index is 13.1. The Morgan fingerprint density at radius 1 is 1.50 bits per heavy atom. The zero-order chi connectivity index (χ0) is 11.8. The molecule has 2 rings (SSSR count). The summed E-state index contributed by atoms with van der Waals surface area (Å²) in [7, 11) is 0. The summed E-state index contributed by atoms with van der Waals surface area (Å²) >= 11 is 0. The van der Waals surface area contributed by atoms with E-state index >= 15 is 0 Å². The molecule has 1 aliphatic rings. The van der Waals surface area contributed by atoms with Crippen LogP contribution in [-0.4, -0.2) is 17.0 Å². The van der Waals surface area contributed by atoms with E-state index < -0.39 is 23.2 Å². The van der Waals surface area contributed by atoms with Gasteiger partial charge in [0.05, 0.1) is 0 Å². The van der Waals surface area contributed by atoms with Gasteiger partial charge in [-0.05, 0) is 37.0 Å². The molecule has 4 heteroatoms. The van der Waals surface area contributed by atoms with Gasteiger partial charge in [-0.15, -0.1) is 0 Å². The van der Waals surface area contributed by atoms with Gasteiger partial charge in [0, 0.05) is 0 Å². The lowest BCUT2D eigenvalue weighted by atomic mass is 9.75. The Hall–Kier alpha value is -1.26. The number of nitrogens with two attached hydrogens (primary N) is 1. The summed E-state index contributed by atoms with van der Waals surface area (Å²) in [6, 6.07) is 5.71. The standard InChI is InChI=1S/C12H14FNO2/c13-9-4-1-3-8(7-9)12(14)6-2-5-10(15)11(12)16/h1,3-4,7,10,15H,2,5-6,14H2. The van der Waals surface area contributed by atoms with E-state index in [2.05, 4.69) is 0 Å². The van der Waals surface area contributed by atoms with Gasteiger partial charge < -0.3 is 10.8 Å². The first-order chi connectivity index (χ1) is 7.54. The van der Waals surface area contributed by atoms with Gasteiger partial charge in [-0.2, -0.15) is 0 Å². The van der Waals surface area contributed by atoms with Gasteiger partial charge in [0.25, 0.3) is 0 Å². The van der Waals surface area contributed by atoms with E-state index in [-0.39, 0.29) is 0 Å². The molecule has 1 aromatic rings. The first kappa shape index (κ1) is 11.2. The molecule has 3 N–H and O–H groups in total. The zero-order valence-corrected chi connectivity index (χ0v) is 8.82. The Labute approximate surface area is 93.1 Å². The van der Waals surface area contributed by atoms with E-state index in [1.807, 2.05) is 0 Å². The maximum Gasteiger partial charge on any atom is 0.185 e. The van der Waals surface area contributed by atoms with Gasteiger partial charge in [0.1, 0.15) is 17.5 Å². The summed E-state index contributed by atoms with van der Waals surface area (Å²) in [6.07, 6.45) is 0.529. The number of ketones is 1. The SMILES string of the molecule is NC1(c2cccc(F)c2)CCCC(O)C1=O. The Kier molecular flexibility index (Phi) is 2.78. The van der Waals surface area contributed by atoms with Crippen molar-refractivity contribution in [1.82, 2.24) is 0 Å². The zero-order valence-electron chi connectivity index (χ0n) is 8.82. The average molecular weight is 223 g/mol. The summed E-state index contributed by atoms with van der Waals surface area (Å²) in [5, 5.41) is 9.52. The molecule has 86 valence electrons. The summed E-state index contributed by atoms with van der Waals surface area (Å²) in [4.78, 5) is 11.9. The summed E-state index contributed by atoms with van der Waals surface area (Å²) in [5.74, 6) is -0.834. The second kappa shape index (κ2) is 3.96. The van der Waals surface area contributed by atoms with E-state index in [1.54, 1.807) is 6.07 Å². The minimum atomic E-state index is -1.24. The smallest absolute Gasteiger partial charge is 0.185 e. The minimum Gasteiger partial charge on any atom is -0.385 e. The largest absolute Gasteiger partial charge is 0.385 e. The van der Waals surface area contributed by atoms with Crippen LogP contribution in [0.5, 0.6) is 0 Å². The average Bonchev–Trinajstić information content (AvgIpc) is 2.26. The lowest BCUT2D eigenvalue weighted by molar-refractivity contribution is -0.136. The van der Waals surface area contributed by atoms with Crippen molar-refractivity contribution in [3.05, 3.63) is 35.6 Å². The second-order valence-electron chi connectivity index (χ2n) is 4.25. The van der Waals surface area contributed by atoms with Crippen LogP contribution in [0, 0.1) is 5.82 Å². The van der Waals surface area contributed by atoms with Gasteiger partial charge in [-0.3, -0.25) is 4.79 Å². The van der Waals surface area contributed by atoms with Crippen LogP contribution in [0.1, 0.15) is 24.8 Å². The Bertz CT molecular complexity index is 421. The first-order valence-corrected chi connectivity index (χ1v) is 5.31. The number of carbonyl (C=O) groups excluding carboxylic acids is 1. The highest BCUT2D eigenvalue weighted by Crippen LogP contribution is 2.32. The van der Waals surface area contributed by atoms with Gasteiger partial charge in [0.2, 0.25) is 0 Å². The van der Waals surface area contributed by atoms with Crippen molar-refractivity contribution in [2.75, 3.05) is 0 Å². The highest BCUT2D eigenvalue weighted by atomic mass is 19.1. The number of rotatable bonds is 1. The van der Waals surface area contributed by atoms with Crippen LogP contribution < -0.4 is 5.73 Å². The molecule has 0 heterocycles. The molecule has 0 aromatic heterocycles. The van der Waals surface area contributed by atoms with E-state index in [9.17, 15) is 14.3 Å². The monoisotopic (exact) mass is 223 g/mol. The highest BCUT2D eigenvalue weighted by Gasteiger charge is 2.42. The van der Waals surface area contributed by atoms with Crippen LogP contribution in [0.25, 0.3) is 0 Å². The molecule has 1 fully saturated rings. The van der Waals surface area contributed by atoms with Gasteiger partial charge in [-0.25, -0.2) is 4.39 Å². The number of hydrogen-bond donors (Lipinski definition) is 2. The second-order valence-corrected chi connectivity index (χ2v) is 4.25. The predicted molar refractivity (Wildman–Crippen MR) is 57.1 cm³/mol. The van der Waals surface area contributed by atoms with Crippen LogP contribution >= 0.6 is 0 Å². The van der Waals surface area contributed by atoms with Gasteiger partial charge >= 0.3 is 0 Å². The van der Waals surface area contributed by atoms with E-state index in [1.165, 1.54) is 18.2 Å². The van der Waals surface area contributed by atoms with E-state index in [0.717, 1.165) is 0 Å². The number of hydrogen-bond acceptors (Lipinski definition) is 3. The number of carbonyl (C=O) groups is 1. The minimum absolute atomic E-state index is 0.413. The van der Waals surface area contributed by atoms with Crippen molar-refractivity contribution >= 4 is 5.78 Å². The molecule has 16 heavy (non-hydrogen) atoms. The van der Waals surface area contributed by atoms with Crippen molar-refractivity contribution in [3.8, 4) is 0 Å². The highest BCUT2D eigenvalue weighted by molar-refractivity contribution is 5.93. The fraction of sp³-hybridized carbons (Fsp3) is 0.417. The number of aliphatic hydroxyl groups excluding tert-OH is 1. The molecule has 0 saturated heterocycles. The third-order valence-corrected chi connectivity index (χ3v) is 3.13. The van der Waals surface area contributed by atoms with Gasteiger partial charge in [0.15, 0.2) is 5.78 Å². The van der Waals surface area contributed by atoms with Crippen LogP contribution in [-0.2, 0) is 10.3 Å². The fourth-order valence-corrected chi connectivity index (χ4v) is 2.18. The number of halogens is 1. The maximum absolute atomic E-state index is 13.1. The van der Waals surface area contributed by atoms with Crippen molar-refractivity contribution in [1.29, 1.82) is 0 Å². The predicted octanol–water partition coefficient (Wildman–Crippen LogP) is 1.09. The van der Waals surface area contributed by atoms with Crippen molar-refractivity contribution < 1.29 is 14.3 Å². The topological polar surface area (TPSA) is 63.3 Å². The Morgan fingerprint density at radius 3 is 2.94 bits per heavy atom. The Balaban J connectivity index is 2.41. The third kappa shape index (κ3) is 1.74. The molecule has 0 spiro atoms. The Morgan fingerprint density at radius 2 is 2.25 bits per heavy atom. The molecule has 0 radical (unpaired) electrons. The van der Waals surface area contributed by atoms with Crippen LogP contribution in [0.15, 0.2) is 24.3 Å². The summed E-state index contributed by atoms with van der Waals surface area (Å²) in [5.41, 5.74) is 5.21. The summed E-state index contributed by atoms with van der Waals surface area (Å²) < 4.78 is 13.1. The van der Waals surface area contributed by atoms with Crippen LogP contribution in [0.3, 0.4) is 0 Å². The number of benzene rings is 1. The lowest BCUT2D eigenvalue weighted by Crippen LogP contribution is -2.52. The molecule has 0 bridgehead atoms. The molecule has 1 aromatic carbocycles. The quantitative estimate of drug-likeness (QED) is 0.749. The molecule has 2 unspecified atom stereocenters. The first-order valence-electron chi connectivity index (χ1n) is 5.31.